The van der Waals surface area contributed by atoms with Gasteiger partial charge >= 0.3 is 0 Å². The van der Waals surface area contributed by atoms with Crippen LogP contribution in [-0.4, -0.2) is 125 Å². The van der Waals surface area contributed by atoms with Gasteiger partial charge in [0.05, 0.1) is 24.4 Å². The van der Waals surface area contributed by atoms with E-state index < -0.39 is 83.9 Å². The maximum absolute atomic E-state index is 13.9. The molecule has 0 spiro atoms. The minimum absolute atomic E-state index is 0.0111. The molecule has 74 heavy (non-hydrogen) atoms. The summed E-state index contributed by atoms with van der Waals surface area (Å²) in [5.74, 6) is -5.45. The Bertz CT molecular complexity index is 2100. The number of phenolic OH excluding ortho intramolecular Hbond substituents is 1. The van der Waals surface area contributed by atoms with Crippen molar-refractivity contribution in [3.05, 3.63) is 65.7 Å². The highest BCUT2D eigenvalue weighted by Crippen LogP contribution is 2.26. The molecule has 0 saturated carbocycles. The van der Waals surface area contributed by atoms with Crippen molar-refractivity contribution in [1.29, 1.82) is 0 Å². The van der Waals surface area contributed by atoms with Gasteiger partial charge in [0.2, 0.25) is 53.2 Å². The van der Waals surface area contributed by atoms with Gasteiger partial charge in [0.1, 0.15) is 23.9 Å². The molecule has 0 aromatic heterocycles. The third kappa shape index (κ3) is 25.3. The highest BCUT2D eigenvalue weighted by atomic mass is 32.2. The van der Waals surface area contributed by atoms with Crippen LogP contribution in [0.4, 0.5) is 0 Å². The second kappa shape index (κ2) is 35.2. The number of carbonyl (C=O) groups excluding carboxylic acids is 9. The van der Waals surface area contributed by atoms with Crippen molar-refractivity contribution in [3.63, 3.8) is 0 Å². The van der Waals surface area contributed by atoms with Crippen LogP contribution in [0.25, 0.3) is 0 Å². The van der Waals surface area contributed by atoms with Gasteiger partial charge in [-0.1, -0.05) is 140 Å². The summed E-state index contributed by atoms with van der Waals surface area (Å²) in [5.41, 5.74) is 13.1. The number of rotatable bonds is 38. The number of nitrogens with two attached hydrogens (primary N) is 2. The molecule has 5 atom stereocenters. The first-order valence-electron chi connectivity index (χ1n) is 26.5. The molecule has 2 aromatic carbocycles. The first kappa shape index (κ1) is 62.3. The molecule has 11 N–H and O–H groups in total. The molecule has 1 aliphatic rings. The Morgan fingerprint density at radius 2 is 1.22 bits per heavy atom. The molecule has 3 rings (SSSR count). The third-order valence-corrected chi connectivity index (χ3v) is 13.9. The predicted molar refractivity (Wildman–Crippen MR) is 286 cm³/mol. The van der Waals surface area contributed by atoms with E-state index in [4.69, 9.17) is 11.5 Å². The smallest absolute Gasteiger partial charge is 0.243 e. The van der Waals surface area contributed by atoms with Gasteiger partial charge in [-0.3, -0.25) is 48.1 Å². The summed E-state index contributed by atoms with van der Waals surface area (Å²) in [6.07, 6.45) is 16.9. The van der Waals surface area contributed by atoms with Crippen LogP contribution in [-0.2, 0) is 56.0 Å². The van der Waals surface area contributed by atoms with E-state index in [1.54, 1.807) is 42.5 Å². The van der Waals surface area contributed by atoms with E-state index in [0.29, 0.717) is 30.5 Å². The van der Waals surface area contributed by atoms with E-state index in [0.717, 1.165) is 35.9 Å². The van der Waals surface area contributed by atoms with Crippen LogP contribution < -0.4 is 43.4 Å². The number of nitrogens with zero attached hydrogens (tertiary/aromatic N) is 1. The summed E-state index contributed by atoms with van der Waals surface area (Å²) >= 11 is 1.01. The zero-order valence-electron chi connectivity index (χ0n) is 43.8. The number of amides is 9. The molecule has 9 amide bonds. The minimum atomic E-state index is -1.27. The van der Waals surface area contributed by atoms with Crippen molar-refractivity contribution in [1.82, 2.24) is 36.8 Å². The summed E-state index contributed by atoms with van der Waals surface area (Å²) in [5, 5.41) is 24.3. The molecule has 1 heterocycles. The summed E-state index contributed by atoms with van der Waals surface area (Å²) in [6, 6.07) is 10.3. The fourth-order valence-corrected chi connectivity index (χ4v) is 9.56. The van der Waals surface area contributed by atoms with Crippen LogP contribution in [0.2, 0.25) is 0 Å². The van der Waals surface area contributed by atoms with Crippen molar-refractivity contribution >= 4 is 64.9 Å². The number of thioether (sulfide) groups is 1. The van der Waals surface area contributed by atoms with Crippen molar-refractivity contribution < 1.29 is 48.3 Å². The van der Waals surface area contributed by atoms with Crippen LogP contribution in [0.1, 0.15) is 141 Å². The molecule has 1 fully saturated rings. The van der Waals surface area contributed by atoms with Gasteiger partial charge in [0, 0.05) is 38.1 Å². The van der Waals surface area contributed by atoms with E-state index in [9.17, 15) is 48.3 Å². The standard InChI is InChI=1S/C54H83N9O10S/c1-4-5-6-7-8-9-10-11-12-13-14-15-19-23-46(65)57-28-20-29-63-49(68)33-45(54(63)73)74-36-44(50(56)69)62-52(71)42(30-37(2)3)61-53(72)43(32-38-21-17-16-18-22-38)60-48(67)35-58-47(66)34-59-51(70)41(55)31-39-24-26-40(64)27-25-39/h16-18,21-22,24-27,37,41-45,64H,4-15,19-20,23,28-36,55H2,1-3H3,(H2,56,69)(H,57,65)(H,58,66)(H,59,70)(H,60,67)(H,61,72)(H,62,71)/t41-,42-,43-,44-,45?/m0/s1. The number of unbranched alkanes of at least 4 members (excludes halogenated alkanes) is 12. The molecule has 1 saturated heterocycles. The largest absolute Gasteiger partial charge is 0.508 e. The van der Waals surface area contributed by atoms with Crippen LogP contribution in [0, 0.1) is 5.92 Å². The summed E-state index contributed by atoms with van der Waals surface area (Å²) in [6.45, 7) is 5.31. The fraction of sp³-hybridized carbons (Fsp3) is 0.611. The van der Waals surface area contributed by atoms with E-state index in [1.807, 2.05) is 13.8 Å². The van der Waals surface area contributed by atoms with Gasteiger partial charge in [-0.2, -0.15) is 0 Å². The van der Waals surface area contributed by atoms with Crippen LogP contribution >= 0.6 is 11.8 Å². The molecule has 410 valence electrons. The van der Waals surface area contributed by atoms with Crippen molar-refractivity contribution in [2.24, 2.45) is 17.4 Å². The lowest BCUT2D eigenvalue weighted by atomic mass is 10.0. The van der Waals surface area contributed by atoms with Gasteiger partial charge in [-0.25, -0.2) is 0 Å². The van der Waals surface area contributed by atoms with Gasteiger partial charge in [0.25, 0.3) is 0 Å². The molecular formula is C54H83N9O10S. The fourth-order valence-electron chi connectivity index (χ4n) is 8.35. The lowest BCUT2D eigenvalue weighted by Crippen LogP contribution is -2.58. The summed E-state index contributed by atoms with van der Waals surface area (Å²) in [4.78, 5) is 118. The Balaban J connectivity index is 1.45. The molecule has 20 heteroatoms. The number of imide groups is 1. The monoisotopic (exact) mass is 1050 g/mol. The van der Waals surface area contributed by atoms with Gasteiger partial charge in [-0.15, -0.1) is 11.8 Å². The number of hydrogen-bond acceptors (Lipinski definition) is 12. The van der Waals surface area contributed by atoms with Gasteiger partial charge in [-0.05, 0) is 54.9 Å². The average Bonchev–Trinajstić information content (AvgIpc) is 3.64. The molecule has 19 nitrogen and oxygen atoms in total. The van der Waals surface area contributed by atoms with E-state index in [-0.39, 0.29) is 61.5 Å². The highest BCUT2D eigenvalue weighted by Gasteiger charge is 2.39. The maximum Gasteiger partial charge on any atom is 0.243 e. The van der Waals surface area contributed by atoms with Gasteiger partial charge in [0.15, 0.2) is 0 Å². The van der Waals surface area contributed by atoms with Crippen LogP contribution in [0.15, 0.2) is 54.6 Å². The van der Waals surface area contributed by atoms with Crippen LogP contribution in [0.3, 0.4) is 0 Å². The first-order valence-corrected chi connectivity index (χ1v) is 27.6. The van der Waals surface area contributed by atoms with Crippen molar-refractivity contribution in [3.8, 4) is 5.75 Å². The number of phenols is 1. The Labute approximate surface area is 441 Å². The first-order chi connectivity index (χ1) is 35.5. The zero-order valence-corrected chi connectivity index (χ0v) is 44.6. The van der Waals surface area contributed by atoms with E-state index in [1.165, 1.54) is 76.3 Å². The van der Waals surface area contributed by atoms with Gasteiger partial charge < -0.3 is 48.5 Å². The molecule has 0 bridgehead atoms. The van der Waals surface area contributed by atoms with E-state index >= 15 is 0 Å². The zero-order chi connectivity index (χ0) is 54.3. The number of primary amides is 1. The number of benzene rings is 2. The normalized spacial score (nSPS) is 14.9. The molecule has 0 radical (unpaired) electrons. The quantitative estimate of drug-likeness (QED) is 0.0345. The second-order valence-corrected chi connectivity index (χ2v) is 20.8. The minimum Gasteiger partial charge on any atom is -0.508 e. The average molecular weight is 1050 g/mol. The topological polar surface area (TPSA) is 301 Å². The highest BCUT2D eigenvalue weighted by molar-refractivity contribution is 8.00. The lowest BCUT2D eigenvalue weighted by Gasteiger charge is -2.26. The van der Waals surface area contributed by atoms with Crippen LogP contribution in [0.5, 0.6) is 5.75 Å². The third-order valence-electron chi connectivity index (χ3n) is 12.6. The molecule has 1 unspecified atom stereocenters. The summed E-state index contributed by atoms with van der Waals surface area (Å²) in [7, 11) is 0. The number of likely N-dealkylation sites (tertiary alicyclic amines) is 1. The lowest BCUT2D eigenvalue weighted by molar-refractivity contribution is -0.138. The number of carbonyl (C=O) groups is 9. The Morgan fingerprint density at radius 1 is 0.649 bits per heavy atom. The predicted octanol–water partition coefficient (Wildman–Crippen LogP) is 3.57. The maximum atomic E-state index is 13.9. The molecular weight excluding hydrogens is 967 g/mol. The Morgan fingerprint density at radius 3 is 1.82 bits per heavy atom. The Hall–Kier alpha value is -6.02. The Kier molecular flexibility index (Phi) is 29.6. The number of aromatic hydroxyl groups is 1. The second-order valence-electron chi connectivity index (χ2n) is 19.5. The van der Waals surface area contributed by atoms with Crippen molar-refractivity contribution in [2.75, 3.05) is 31.9 Å². The number of nitrogens with one attached hydrogen (secondary N) is 6. The SMILES string of the molecule is CCCCCCCCCCCCCCCC(=O)NCCCN1C(=O)CC(SC[C@H](NC(=O)[C@H](CC(C)C)NC(=O)[C@H](Cc2ccccc2)NC(=O)CNC(=O)CNC(=O)[C@@H](N)Cc2ccc(O)cc2)C(N)=O)C1=O. The number of hydrogen-bond donors (Lipinski definition) is 9. The molecule has 1 aliphatic heterocycles. The molecule has 0 aliphatic carbocycles. The summed E-state index contributed by atoms with van der Waals surface area (Å²) < 4.78 is 0. The molecule has 2 aromatic rings. The van der Waals surface area contributed by atoms with Crippen molar-refractivity contribution in [2.45, 2.75) is 172 Å². The van der Waals surface area contributed by atoms with E-state index in [2.05, 4.69) is 38.8 Å².